The number of aliphatic imine (C=N–C) groups is 1. The van der Waals surface area contributed by atoms with Gasteiger partial charge in [-0.3, -0.25) is 4.79 Å². The second kappa shape index (κ2) is 9.21. The Hall–Kier alpha value is -2.69. The maximum absolute atomic E-state index is 12.5. The number of benzene rings is 2. The Kier molecular flexibility index (Phi) is 6.68. The van der Waals surface area contributed by atoms with Crippen LogP contribution in [0.15, 0.2) is 44.7 Å². The maximum Gasteiger partial charge on any atom is 0.264 e. The van der Waals surface area contributed by atoms with E-state index >= 15 is 0 Å². The fourth-order valence-electron chi connectivity index (χ4n) is 2.87. The molecule has 1 saturated heterocycles. The minimum atomic E-state index is -0.222. The molecular formula is C22H19BrN2O3S. The van der Waals surface area contributed by atoms with Gasteiger partial charge in [-0.25, -0.2) is 4.99 Å². The SMILES string of the molecule is C#CCOc1c(/C=C2\SC(=Nc3cc(C)cc(C)c3)NC2=O)cc(Br)cc1OC. The average molecular weight is 471 g/mol. The number of amidine groups is 1. The summed E-state index contributed by atoms with van der Waals surface area (Å²) in [6, 6.07) is 9.64. The lowest BCUT2D eigenvalue weighted by Crippen LogP contribution is -2.19. The Morgan fingerprint density at radius 2 is 1.97 bits per heavy atom. The van der Waals surface area contributed by atoms with Gasteiger partial charge in [0, 0.05) is 10.0 Å². The van der Waals surface area contributed by atoms with Crippen molar-refractivity contribution in [1.29, 1.82) is 0 Å². The van der Waals surface area contributed by atoms with E-state index in [-0.39, 0.29) is 12.5 Å². The first-order valence-corrected chi connectivity index (χ1v) is 10.3. The molecule has 0 unspecified atom stereocenters. The van der Waals surface area contributed by atoms with Gasteiger partial charge in [0.25, 0.3) is 5.91 Å². The van der Waals surface area contributed by atoms with Gasteiger partial charge in [-0.2, -0.15) is 0 Å². The molecular weight excluding hydrogens is 452 g/mol. The normalized spacial score (nSPS) is 16.0. The number of carbonyl (C=O) groups is 1. The van der Waals surface area contributed by atoms with Gasteiger partial charge in [0.05, 0.1) is 17.7 Å². The summed E-state index contributed by atoms with van der Waals surface area (Å²) in [4.78, 5) is 17.5. The second-order valence-electron chi connectivity index (χ2n) is 6.35. The highest BCUT2D eigenvalue weighted by Gasteiger charge is 2.25. The number of terminal acetylenes is 1. The molecule has 1 N–H and O–H groups in total. The van der Waals surface area contributed by atoms with Gasteiger partial charge in [0.2, 0.25) is 0 Å². The van der Waals surface area contributed by atoms with Crippen LogP contribution < -0.4 is 14.8 Å². The van der Waals surface area contributed by atoms with Crippen LogP contribution in [-0.4, -0.2) is 24.8 Å². The fourth-order valence-corrected chi connectivity index (χ4v) is 4.16. The van der Waals surface area contributed by atoms with E-state index in [1.807, 2.05) is 32.0 Å². The number of nitrogens with one attached hydrogen (secondary N) is 1. The molecule has 0 atom stereocenters. The number of amides is 1. The minimum absolute atomic E-state index is 0.0902. The van der Waals surface area contributed by atoms with Crippen molar-refractivity contribution in [2.45, 2.75) is 13.8 Å². The monoisotopic (exact) mass is 470 g/mol. The predicted octanol–water partition coefficient (Wildman–Crippen LogP) is 4.98. The lowest BCUT2D eigenvalue weighted by molar-refractivity contribution is -0.115. The molecule has 0 radical (unpaired) electrons. The number of hydrogen-bond donors (Lipinski definition) is 1. The number of aryl methyl sites for hydroxylation is 2. The number of ether oxygens (including phenoxy) is 2. The van der Waals surface area contributed by atoms with E-state index in [2.05, 4.69) is 38.2 Å². The highest BCUT2D eigenvalue weighted by molar-refractivity contribution is 9.10. The van der Waals surface area contributed by atoms with E-state index in [0.717, 1.165) is 21.3 Å². The summed E-state index contributed by atoms with van der Waals surface area (Å²) < 4.78 is 11.8. The first-order valence-electron chi connectivity index (χ1n) is 8.71. The van der Waals surface area contributed by atoms with Gasteiger partial charge in [-0.05, 0) is 67.1 Å². The van der Waals surface area contributed by atoms with E-state index in [0.29, 0.717) is 27.1 Å². The zero-order valence-electron chi connectivity index (χ0n) is 16.2. The topological polar surface area (TPSA) is 59.9 Å². The molecule has 2 aromatic carbocycles. The van der Waals surface area contributed by atoms with Crippen LogP contribution in [0.3, 0.4) is 0 Å². The summed E-state index contributed by atoms with van der Waals surface area (Å²) in [7, 11) is 1.55. The molecule has 1 fully saturated rings. The van der Waals surface area contributed by atoms with Crippen molar-refractivity contribution < 1.29 is 14.3 Å². The van der Waals surface area contributed by atoms with Crippen molar-refractivity contribution in [3.63, 3.8) is 0 Å². The maximum atomic E-state index is 12.5. The third-order valence-electron chi connectivity index (χ3n) is 3.94. The first-order chi connectivity index (χ1) is 13.9. The molecule has 3 rings (SSSR count). The van der Waals surface area contributed by atoms with Gasteiger partial charge < -0.3 is 14.8 Å². The highest BCUT2D eigenvalue weighted by atomic mass is 79.9. The van der Waals surface area contributed by atoms with Gasteiger partial charge in [-0.15, -0.1) is 6.42 Å². The Bertz CT molecular complexity index is 1050. The van der Waals surface area contributed by atoms with E-state index in [1.54, 1.807) is 19.3 Å². The van der Waals surface area contributed by atoms with Crippen molar-refractivity contribution in [2.24, 2.45) is 4.99 Å². The highest BCUT2D eigenvalue weighted by Crippen LogP contribution is 2.38. The van der Waals surface area contributed by atoms with Crippen molar-refractivity contribution in [2.75, 3.05) is 13.7 Å². The number of nitrogens with zero attached hydrogens (tertiary/aromatic N) is 1. The smallest absolute Gasteiger partial charge is 0.264 e. The zero-order valence-corrected chi connectivity index (χ0v) is 18.6. The molecule has 7 heteroatoms. The predicted molar refractivity (Wildman–Crippen MR) is 122 cm³/mol. The summed E-state index contributed by atoms with van der Waals surface area (Å²) >= 11 is 4.72. The Balaban J connectivity index is 1.95. The number of carbonyl (C=O) groups excluding carboxylic acids is 1. The number of halogens is 1. The first kappa shape index (κ1) is 21.0. The van der Waals surface area contributed by atoms with Crippen molar-refractivity contribution in [1.82, 2.24) is 5.32 Å². The molecule has 1 amide bonds. The van der Waals surface area contributed by atoms with Crippen LogP contribution in [-0.2, 0) is 4.79 Å². The number of hydrogen-bond acceptors (Lipinski definition) is 5. The van der Waals surface area contributed by atoms with Gasteiger partial charge in [0.1, 0.15) is 6.61 Å². The summed E-state index contributed by atoms with van der Waals surface area (Å²) in [6.07, 6.45) is 7.06. The molecule has 0 aliphatic carbocycles. The van der Waals surface area contributed by atoms with Crippen LogP contribution in [0.5, 0.6) is 11.5 Å². The van der Waals surface area contributed by atoms with Crippen LogP contribution in [0, 0.1) is 26.2 Å². The molecule has 0 aromatic heterocycles. The van der Waals surface area contributed by atoms with Gasteiger partial charge >= 0.3 is 0 Å². The van der Waals surface area contributed by atoms with Crippen LogP contribution in [0.1, 0.15) is 16.7 Å². The van der Waals surface area contributed by atoms with Crippen LogP contribution >= 0.6 is 27.7 Å². The summed E-state index contributed by atoms with van der Waals surface area (Å²) in [5, 5.41) is 3.33. The Morgan fingerprint density at radius 1 is 1.24 bits per heavy atom. The fraction of sp³-hybridized carbons (Fsp3) is 0.182. The number of methoxy groups -OCH3 is 1. The number of rotatable bonds is 5. The third-order valence-corrected chi connectivity index (χ3v) is 5.31. The van der Waals surface area contributed by atoms with Gasteiger partial charge in [-0.1, -0.05) is 27.9 Å². The molecule has 0 spiro atoms. The third kappa shape index (κ3) is 5.22. The van der Waals surface area contributed by atoms with Crippen LogP contribution in [0.2, 0.25) is 0 Å². The molecule has 5 nitrogen and oxygen atoms in total. The average Bonchev–Trinajstić information content (AvgIpc) is 2.98. The van der Waals surface area contributed by atoms with Crippen LogP contribution in [0.4, 0.5) is 5.69 Å². The molecule has 29 heavy (non-hydrogen) atoms. The lowest BCUT2D eigenvalue weighted by atomic mass is 10.1. The van der Waals surface area contributed by atoms with E-state index in [1.165, 1.54) is 11.8 Å². The van der Waals surface area contributed by atoms with Crippen molar-refractivity contribution >= 4 is 50.5 Å². The molecule has 148 valence electrons. The minimum Gasteiger partial charge on any atom is -0.493 e. The molecule has 0 saturated carbocycles. The van der Waals surface area contributed by atoms with Gasteiger partial charge in [0.15, 0.2) is 16.7 Å². The molecule has 1 aliphatic heterocycles. The second-order valence-corrected chi connectivity index (χ2v) is 8.29. The summed E-state index contributed by atoms with van der Waals surface area (Å²) in [5.41, 5.74) is 3.71. The quantitative estimate of drug-likeness (QED) is 0.494. The molecule has 1 aliphatic rings. The summed E-state index contributed by atoms with van der Waals surface area (Å²) in [5.74, 6) is 3.22. The molecule has 0 bridgehead atoms. The number of thioether (sulfide) groups is 1. The Labute approximate surface area is 182 Å². The van der Waals surface area contributed by atoms with Crippen molar-refractivity contribution in [3.8, 4) is 23.8 Å². The van der Waals surface area contributed by atoms with E-state index < -0.39 is 0 Å². The van der Waals surface area contributed by atoms with E-state index in [4.69, 9.17) is 15.9 Å². The standard InChI is InChI=1S/C22H19BrN2O3S/c1-5-6-28-20-15(10-16(23)12-18(20)27-4)11-19-21(26)25-22(29-19)24-17-8-13(2)7-14(3)9-17/h1,7-12H,6H2,2-4H3,(H,24,25,26)/b19-11-. The largest absolute Gasteiger partial charge is 0.493 e. The zero-order chi connectivity index (χ0) is 21.0. The van der Waals surface area contributed by atoms with Crippen molar-refractivity contribution in [3.05, 3.63) is 56.4 Å². The summed E-state index contributed by atoms with van der Waals surface area (Å²) in [6.45, 7) is 4.12. The molecule has 2 aromatic rings. The van der Waals surface area contributed by atoms with Crippen LogP contribution in [0.25, 0.3) is 6.08 Å². The molecule has 1 heterocycles. The Morgan fingerprint density at radius 3 is 2.62 bits per heavy atom. The lowest BCUT2D eigenvalue weighted by Gasteiger charge is -2.12. The van der Waals surface area contributed by atoms with E-state index in [9.17, 15) is 4.79 Å².